The number of benzene rings is 1. The zero-order chi connectivity index (χ0) is 16.6. The summed E-state index contributed by atoms with van der Waals surface area (Å²) in [4.78, 5) is 23.5. The van der Waals surface area contributed by atoms with Gasteiger partial charge in [-0.05, 0) is 56.1 Å². The predicted molar refractivity (Wildman–Crippen MR) is 88.0 cm³/mol. The standard InChI is InChI=1S/C19H25NO3/c1-19(2,3)23-17(22)9-8-16(21)20-11-15-14-10-12-6-4-5-7-13(12)18(14)15/h4-7,14-15,18H,8-11H2,1-3H3,(H,20,21)/t14-,15+,18+/m0/s1. The molecule has 1 aromatic carbocycles. The average molecular weight is 315 g/mol. The van der Waals surface area contributed by atoms with E-state index in [1.807, 2.05) is 20.8 Å². The third-order valence-corrected chi connectivity index (χ3v) is 4.71. The number of carbonyl (C=O) groups excluding carboxylic acids is 2. The van der Waals surface area contributed by atoms with Crippen LogP contribution in [0.1, 0.15) is 50.7 Å². The summed E-state index contributed by atoms with van der Waals surface area (Å²) >= 11 is 0. The van der Waals surface area contributed by atoms with E-state index in [-0.39, 0.29) is 24.7 Å². The zero-order valence-electron chi connectivity index (χ0n) is 14.1. The molecule has 1 saturated carbocycles. The first-order valence-corrected chi connectivity index (χ1v) is 8.41. The summed E-state index contributed by atoms with van der Waals surface area (Å²) in [6, 6.07) is 8.61. The van der Waals surface area contributed by atoms with Gasteiger partial charge in [-0.3, -0.25) is 9.59 Å². The molecule has 2 aliphatic rings. The Bertz CT molecular complexity index is 617. The number of rotatable bonds is 5. The second-order valence-corrected chi connectivity index (χ2v) is 7.65. The van der Waals surface area contributed by atoms with Gasteiger partial charge >= 0.3 is 5.97 Å². The highest BCUT2D eigenvalue weighted by Gasteiger charge is 2.54. The Kier molecular flexibility index (Phi) is 4.17. The van der Waals surface area contributed by atoms with Gasteiger partial charge in [-0.25, -0.2) is 0 Å². The van der Waals surface area contributed by atoms with E-state index in [1.54, 1.807) is 0 Å². The van der Waals surface area contributed by atoms with E-state index in [1.165, 1.54) is 11.1 Å². The molecule has 0 aromatic heterocycles. The second-order valence-electron chi connectivity index (χ2n) is 7.65. The molecule has 124 valence electrons. The first kappa shape index (κ1) is 16.0. The highest BCUT2D eigenvalue weighted by atomic mass is 16.6. The molecule has 2 aliphatic carbocycles. The van der Waals surface area contributed by atoms with Gasteiger partial charge in [-0.1, -0.05) is 24.3 Å². The van der Waals surface area contributed by atoms with Crippen LogP contribution in [-0.4, -0.2) is 24.0 Å². The fraction of sp³-hybridized carbons (Fsp3) is 0.579. The highest BCUT2D eigenvalue weighted by molar-refractivity contribution is 5.81. The maximum absolute atomic E-state index is 11.9. The number of amides is 1. The maximum Gasteiger partial charge on any atom is 0.306 e. The Morgan fingerprint density at radius 3 is 2.70 bits per heavy atom. The molecule has 0 unspecified atom stereocenters. The minimum atomic E-state index is -0.494. The van der Waals surface area contributed by atoms with Gasteiger partial charge in [0.15, 0.2) is 0 Å². The lowest BCUT2D eigenvalue weighted by molar-refractivity contribution is -0.155. The molecule has 3 rings (SSSR count). The van der Waals surface area contributed by atoms with E-state index >= 15 is 0 Å². The lowest BCUT2D eigenvalue weighted by atomic mass is 10.0. The van der Waals surface area contributed by atoms with Crippen molar-refractivity contribution in [2.24, 2.45) is 11.8 Å². The van der Waals surface area contributed by atoms with Crippen LogP contribution >= 0.6 is 0 Å². The first-order chi connectivity index (χ1) is 10.8. The molecule has 0 aliphatic heterocycles. The van der Waals surface area contributed by atoms with Gasteiger partial charge in [0.25, 0.3) is 0 Å². The zero-order valence-corrected chi connectivity index (χ0v) is 14.1. The van der Waals surface area contributed by atoms with Crippen LogP contribution in [0, 0.1) is 11.8 Å². The quantitative estimate of drug-likeness (QED) is 0.850. The molecule has 0 bridgehead atoms. The van der Waals surface area contributed by atoms with Crippen LogP contribution in [0.25, 0.3) is 0 Å². The number of ether oxygens (including phenoxy) is 1. The smallest absolute Gasteiger partial charge is 0.306 e. The number of esters is 1. The summed E-state index contributed by atoms with van der Waals surface area (Å²) < 4.78 is 5.21. The van der Waals surface area contributed by atoms with Crippen molar-refractivity contribution in [2.75, 3.05) is 6.54 Å². The van der Waals surface area contributed by atoms with Crippen molar-refractivity contribution in [2.45, 2.75) is 51.6 Å². The molecular formula is C19H25NO3. The topological polar surface area (TPSA) is 55.4 Å². The lowest BCUT2D eigenvalue weighted by Gasteiger charge is -2.19. The van der Waals surface area contributed by atoms with Crippen LogP contribution < -0.4 is 5.32 Å². The summed E-state index contributed by atoms with van der Waals surface area (Å²) in [6.45, 7) is 6.20. The molecule has 1 aromatic rings. The molecule has 4 nitrogen and oxygen atoms in total. The summed E-state index contributed by atoms with van der Waals surface area (Å²) in [5, 5.41) is 2.98. The van der Waals surface area contributed by atoms with E-state index in [0.29, 0.717) is 17.8 Å². The van der Waals surface area contributed by atoms with Gasteiger partial charge in [0.05, 0.1) is 6.42 Å². The molecular weight excluding hydrogens is 290 g/mol. The van der Waals surface area contributed by atoms with Crippen LogP contribution in [0.2, 0.25) is 0 Å². The van der Waals surface area contributed by atoms with E-state index in [9.17, 15) is 9.59 Å². The maximum atomic E-state index is 11.9. The Hall–Kier alpha value is -1.84. The summed E-state index contributed by atoms with van der Waals surface area (Å²) in [7, 11) is 0. The van der Waals surface area contributed by atoms with E-state index in [0.717, 1.165) is 13.0 Å². The molecule has 23 heavy (non-hydrogen) atoms. The Labute approximate surface area is 137 Å². The molecule has 0 saturated heterocycles. The number of nitrogens with one attached hydrogen (secondary N) is 1. The van der Waals surface area contributed by atoms with Gasteiger partial charge < -0.3 is 10.1 Å². The lowest BCUT2D eigenvalue weighted by Crippen LogP contribution is -2.28. The Balaban J connectivity index is 1.38. The first-order valence-electron chi connectivity index (χ1n) is 8.41. The van der Waals surface area contributed by atoms with Crippen molar-refractivity contribution in [3.63, 3.8) is 0 Å². The van der Waals surface area contributed by atoms with Gasteiger partial charge in [0.1, 0.15) is 5.60 Å². The Morgan fingerprint density at radius 2 is 1.96 bits per heavy atom. The second kappa shape index (κ2) is 5.99. The van der Waals surface area contributed by atoms with Crippen molar-refractivity contribution in [3.8, 4) is 0 Å². The fourth-order valence-electron chi connectivity index (χ4n) is 3.69. The molecule has 4 heteroatoms. The predicted octanol–water partition coefficient (Wildman–Crippen LogP) is 2.81. The van der Waals surface area contributed by atoms with Crippen LogP contribution in [0.3, 0.4) is 0 Å². The normalized spacial score (nSPS) is 24.6. The summed E-state index contributed by atoms with van der Waals surface area (Å²) in [5.74, 6) is 1.50. The average Bonchev–Trinajstić information content (AvgIpc) is 3.00. The van der Waals surface area contributed by atoms with Gasteiger partial charge in [0, 0.05) is 13.0 Å². The van der Waals surface area contributed by atoms with Crippen molar-refractivity contribution >= 4 is 11.9 Å². The molecule has 1 N–H and O–H groups in total. The molecule has 1 fully saturated rings. The van der Waals surface area contributed by atoms with Crippen LogP contribution in [-0.2, 0) is 20.7 Å². The number of hydrogen-bond donors (Lipinski definition) is 1. The summed E-state index contributed by atoms with van der Waals surface area (Å²) in [6.07, 6.45) is 1.48. The van der Waals surface area contributed by atoms with Crippen LogP contribution in [0.15, 0.2) is 24.3 Å². The molecule has 3 atom stereocenters. The minimum absolute atomic E-state index is 0.0610. The highest BCUT2D eigenvalue weighted by Crippen LogP contribution is 2.60. The largest absolute Gasteiger partial charge is 0.460 e. The van der Waals surface area contributed by atoms with Crippen LogP contribution in [0.4, 0.5) is 0 Å². The molecule has 1 amide bonds. The van der Waals surface area contributed by atoms with E-state index < -0.39 is 5.60 Å². The van der Waals surface area contributed by atoms with E-state index in [4.69, 9.17) is 4.74 Å². The van der Waals surface area contributed by atoms with Gasteiger partial charge in [-0.2, -0.15) is 0 Å². The van der Waals surface area contributed by atoms with Gasteiger partial charge in [-0.15, -0.1) is 0 Å². The SMILES string of the molecule is CC(C)(C)OC(=O)CCC(=O)NC[C@@H]1[C@@H]2Cc3ccccc3[C@@H]12. The number of fused-ring (bicyclic) bond motifs is 3. The van der Waals surface area contributed by atoms with Crippen molar-refractivity contribution in [1.29, 1.82) is 0 Å². The van der Waals surface area contributed by atoms with Crippen LogP contribution in [0.5, 0.6) is 0 Å². The monoisotopic (exact) mass is 315 g/mol. The third kappa shape index (κ3) is 3.74. The van der Waals surface area contributed by atoms with Crippen molar-refractivity contribution in [3.05, 3.63) is 35.4 Å². The minimum Gasteiger partial charge on any atom is -0.460 e. The summed E-state index contributed by atoms with van der Waals surface area (Å²) in [5.41, 5.74) is 2.44. The number of hydrogen-bond acceptors (Lipinski definition) is 3. The number of carbonyl (C=O) groups is 2. The molecule has 0 heterocycles. The van der Waals surface area contributed by atoms with Crippen molar-refractivity contribution in [1.82, 2.24) is 5.32 Å². The van der Waals surface area contributed by atoms with E-state index in [2.05, 4.69) is 29.6 Å². The molecule has 0 radical (unpaired) electrons. The molecule has 0 spiro atoms. The third-order valence-electron chi connectivity index (χ3n) is 4.71. The van der Waals surface area contributed by atoms with Crippen molar-refractivity contribution < 1.29 is 14.3 Å². The fourth-order valence-corrected chi connectivity index (χ4v) is 3.69. The van der Waals surface area contributed by atoms with Gasteiger partial charge in [0.2, 0.25) is 5.91 Å². The Morgan fingerprint density at radius 1 is 1.22 bits per heavy atom.